The number of alkyl carbamates (subject to hydrolysis) is 1. The fourth-order valence-electron chi connectivity index (χ4n) is 5.61. The van der Waals surface area contributed by atoms with Crippen LogP contribution in [0.2, 0.25) is 0 Å². The Bertz CT molecular complexity index is 1120. The van der Waals surface area contributed by atoms with Gasteiger partial charge in [-0.3, -0.25) is 9.59 Å². The van der Waals surface area contributed by atoms with Crippen LogP contribution in [0, 0.1) is 11.8 Å². The van der Waals surface area contributed by atoms with Crippen LogP contribution >= 0.6 is 0 Å². The van der Waals surface area contributed by atoms with E-state index >= 15 is 0 Å². The van der Waals surface area contributed by atoms with Crippen LogP contribution in [0.4, 0.5) is 13.6 Å². The van der Waals surface area contributed by atoms with Crippen molar-refractivity contribution in [3.8, 4) is 11.1 Å². The number of fused-ring (bicyclic) bond motifs is 3. The highest BCUT2D eigenvalue weighted by Crippen LogP contribution is 2.44. The second kappa shape index (κ2) is 8.94. The summed E-state index contributed by atoms with van der Waals surface area (Å²) in [6.45, 7) is -1.21. The molecule has 2 aromatic rings. The zero-order valence-corrected chi connectivity index (χ0v) is 19.0. The van der Waals surface area contributed by atoms with E-state index in [9.17, 15) is 23.2 Å². The summed E-state index contributed by atoms with van der Waals surface area (Å²) in [5, 5.41) is 11.8. The van der Waals surface area contributed by atoms with Crippen LogP contribution in [0.15, 0.2) is 48.5 Å². The number of carbonyl (C=O) groups excluding carboxylic acids is 2. The number of likely N-dealkylation sites (tertiary alicyclic amines) is 1. The number of nitrogens with one attached hydrogen (secondary N) is 1. The van der Waals surface area contributed by atoms with E-state index in [4.69, 9.17) is 9.84 Å². The molecule has 0 spiro atoms. The molecule has 2 fully saturated rings. The highest BCUT2D eigenvalue weighted by molar-refractivity contribution is 5.82. The Balaban J connectivity index is 1.15. The molecule has 5 rings (SSSR count). The van der Waals surface area contributed by atoms with Gasteiger partial charge in [-0.05, 0) is 41.5 Å². The van der Waals surface area contributed by atoms with E-state index < -0.39 is 48.8 Å². The summed E-state index contributed by atoms with van der Waals surface area (Å²) in [7, 11) is 0. The lowest BCUT2D eigenvalue weighted by atomic mass is 9.98. The van der Waals surface area contributed by atoms with Crippen molar-refractivity contribution in [1.29, 1.82) is 0 Å². The Labute approximate surface area is 201 Å². The average Bonchev–Trinajstić information content (AvgIpc) is 3.51. The van der Waals surface area contributed by atoms with Crippen molar-refractivity contribution < 1.29 is 33.0 Å². The number of carboxylic acid groups (broad SMARTS) is 1. The number of halogens is 2. The van der Waals surface area contributed by atoms with Crippen LogP contribution < -0.4 is 5.32 Å². The Kier molecular flexibility index (Phi) is 5.94. The van der Waals surface area contributed by atoms with Gasteiger partial charge in [0.05, 0.1) is 6.54 Å². The fourth-order valence-corrected chi connectivity index (χ4v) is 5.61. The largest absolute Gasteiger partial charge is 0.481 e. The molecule has 2 aromatic carbocycles. The Morgan fingerprint density at radius 2 is 1.66 bits per heavy atom. The van der Waals surface area contributed by atoms with Gasteiger partial charge in [-0.1, -0.05) is 48.5 Å². The molecule has 7 nitrogen and oxygen atoms in total. The predicted molar refractivity (Wildman–Crippen MR) is 122 cm³/mol. The molecule has 1 saturated heterocycles. The maximum absolute atomic E-state index is 14.0. The van der Waals surface area contributed by atoms with Crippen LogP contribution in [0.1, 0.15) is 36.3 Å². The van der Waals surface area contributed by atoms with Crippen LogP contribution in [-0.4, -0.2) is 59.6 Å². The number of hydrogen-bond donors (Lipinski definition) is 2. The third-order valence-electron chi connectivity index (χ3n) is 7.37. The molecule has 0 aromatic heterocycles. The summed E-state index contributed by atoms with van der Waals surface area (Å²) in [6, 6.07) is 15.7. The quantitative estimate of drug-likeness (QED) is 0.672. The number of carboxylic acids is 1. The van der Waals surface area contributed by atoms with Crippen molar-refractivity contribution in [1.82, 2.24) is 10.2 Å². The van der Waals surface area contributed by atoms with Crippen molar-refractivity contribution in [2.45, 2.75) is 37.1 Å². The molecule has 1 aliphatic heterocycles. The number of benzene rings is 2. The summed E-state index contributed by atoms with van der Waals surface area (Å²) >= 11 is 0. The van der Waals surface area contributed by atoms with Gasteiger partial charge < -0.3 is 20.1 Å². The highest BCUT2D eigenvalue weighted by Gasteiger charge is 2.54. The summed E-state index contributed by atoms with van der Waals surface area (Å²) in [4.78, 5) is 37.3. The maximum atomic E-state index is 14.0. The van der Waals surface area contributed by atoms with Crippen LogP contribution in [-0.2, 0) is 14.3 Å². The molecule has 1 heterocycles. The summed E-state index contributed by atoms with van der Waals surface area (Å²) in [5.74, 6) is -8.01. The van der Waals surface area contributed by atoms with Gasteiger partial charge in [0.15, 0.2) is 0 Å². The molecule has 35 heavy (non-hydrogen) atoms. The van der Waals surface area contributed by atoms with E-state index in [1.807, 2.05) is 36.4 Å². The number of carbonyl (C=O) groups is 3. The van der Waals surface area contributed by atoms with Crippen LogP contribution in [0.3, 0.4) is 0 Å². The smallest absolute Gasteiger partial charge is 0.407 e. The average molecular weight is 484 g/mol. The molecule has 3 aliphatic rings. The molecule has 184 valence electrons. The molecule has 9 heteroatoms. The van der Waals surface area contributed by atoms with E-state index in [0.29, 0.717) is 19.3 Å². The van der Waals surface area contributed by atoms with Crippen LogP contribution in [0.5, 0.6) is 0 Å². The van der Waals surface area contributed by atoms with E-state index in [2.05, 4.69) is 17.4 Å². The summed E-state index contributed by atoms with van der Waals surface area (Å²) < 4.78 is 33.5. The third kappa shape index (κ3) is 4.35. The molecular formula is C26H26F2N2O5. The second-order valence-electron chi connectivity index (χ2n) is 9.55. The minimum atomic E-state index is -3.45. The Morgan fingerprint density at radius 3 is 2.26 bits per heavy atom. The van der Waals surface area contributed by atoms with Gasteiger partial charge in [0.1, 0.15) is 12.5 Å². The molecule has 0 bridgehead atoms. The van der Waals surface area contributed by atoms with Gasteiger partial charge in [0, 0.05) is 24.4 Å². The number of hydrogen-bond acceptors (Lipinski definition) is 4. The first-order valence-corrected chi connectivity index (χ1v) is 11.8. The van der Waals surface area contributed by atoms with Crippen molar-refractivity contribution >= 4 is 18.0 Å². The SMILES string of the molecule is O=C(N[C@@H]1CC[C@H](C(=O)N2CC(C(=O)O)C(F)(F)C2)C1)OCC1c2ccccc2-c2ccccc21. The van der Waals surface area contributed by atoms with Gasteiger partial charge in [-0.25, -0.2) is 13.6 Å². The first-order valence-electron chi connectivity index (χ1n) is 11.8. The zero-order chi connectivity index (χ0) is 24.7. The Hall–Kier alpha value is -3.49. The summed E-state index contributed by atoms with van der Waals surface area (Å²) in [5.41, 5.74) is 4.48. The molecular weight excluding hydrogens is 458 g/mol. The monoisotopic (exact) mass is 484 g/mol. The lowest BCUT2D eigenvalue weighted by Gasteiger charge is -2.20. The first-order chi connectivity index (χ1) is 16.7. The molecule has 3 atom stereocenters. The van der Waals surface area contributed by atoms with Crippen molar-refractivity contribution in [3.05, 3.63) is 59.7 Å². The minimum absolute atomic E-state index is 0.0648. The van der Waals surface area contributed by atoms with Gasteiger partial charge in [-0.15, -0.1) is 0 Å². The lowest BCUT2D eigenvalue weighted by molar-refractivity contribution is -0.151. The van der Waals surface area contributed by atoms with E-state index in [0.717, 1.165) is 27.2 Å². The predicted octanol–water partition coefficient (Wildman–Crippen LogP) is 3.87. The zero-order valence-electron chi connectivity index (χ0n) is 19.0. The second-order valence-corrected chi connectivity index (χ2v) is 9.55. The van der Waals surface area contributed by atoms with Gasteiger partial charge >= 0.3 is 12.1 Å². The number of alkyl halides is 2. The number of rotatable bonds is 5. The van der Waals surface area contributed by atoms with Gasteiger partial charge in [-0.2, -0.15) is 0 Å². The number of ether oxygens (including phenoxy) is 1. The minimum Gasteiger partial charge on any atom is -0.481 e. The molecule has 2 N–H and O–H groups in total. The lowest BCUT2D eigenvalue weighted by Crippen LogP contribution is -2.37. The topological polar surface area (TPSA) is 95.9 Å². The molecule has 0 radical (unpaired) electrons. The van der Waals surface area contributed by atoms with Crippen molar-refractivity contribution in [2.24, 2.45) is 11.8 Å². The van der Waals surface area contributed by atoms with Gasteiger partial charge in [0.2, 0.25) is 5.91 Å². The highest BCUT2D eigenvalue weighted by atomic mass is 19.3. The standard InChI is InChI=1S/C26H26F2N2O5/c27-26(28)14-30(12-22(26)24(32)33)23(31)15-9-10-16(11-15)29-25(34)35-13-21-19-7-3-1-5-17(19)18-6-2-4-8-20(18)21/h1-8,15-16,21-22H,9-14H2,(H,29,34)(H,32,33)/t15-,16+,22?/m0/s1. The van der Waals surface area contributed by atoms with E-state index in [1.165, 1.54) is 0 Å². The maximum Gasteiger partial charge on any atom is 0.407 e. The summed E-state index contributed by atoms with van der Waals surface area (Å²) in [6.07, 6.45) is 0.687. The molecule has 1 saturated carbocycles. The first kappa shape index (κ1) is 23.3. The number of amides is 2. The van der Waals surface area contributed by atoms with E-state index in [-0.39, 0.29) is 18.6 Å². The molecule has 1 unspecified atom stereocenters. The van der Waals surface area contributed by atoms with E-state index in [1.54, 1.807) is 0 Å². The molecule has 2 amide bonds. The Morgan fingerprint density at radius 1 is 1.03 bits per heavy atom. The fraction of sp³-hybridized carbons (Fsp3) is 0.423. The third-order valence-corrected chi connectivity index (χ3v) is 7.37. The van der Waals surface area contributed by atoms with Crippen molar-refractivity contribution in [3.63, 3.8) is 0 Å². The van der Waals surface area contributed by atoms with Crippen molar-refractivity contribution in [2.75, 3.05) is 19.7 Å². The molecule has 2 aliphatic carbocycles. The normalized spacial score (nSPS) is 24.6. The number of nitrogens with zero attached hydrogens (tertiary/aromatic N) is 1. The van der Waals surface area contributed by atoms with Gasteiger partial charge in [0.25, 0.3) is 5.92 Å². The van der Waals surface area contributed by atoms with Crippen LogP contribution in [0.25, 0.3) is 11.1 Å². The number of aliphatic carboxylic acids is 1.